The Balaban J connectivity index is 1.54. The molecule has 2 N–H and O–H groups in total. The molecule has 0 amide bonds. The number of methoxy groups -OCH3 is 1. The Kier molecular flexibility index (Phi) is 7.34. The summed E-state index contributed by atoms with van der Waals surface area (Å²) in [6.07, 6.45) is -4.41. The van der Waals surface area contributed by atoms with E-state index in [0.29, 0.717) is 6.61 Å². The van der Waals surface area contributed by atoms with E-state index in [2.05, 4.69) is 0 Å². The van der Waals surface area contributed by atoms with E-state index in [-0.39, 0.29) is 13.2 Å². The zero-order valence-electron chi connectivity index (χ0n) is 15.3. The highest BCUT2D eigenvalue weighted by Crippen LogP contribution is 2.25. The predicted molar refractivity (Wildman–Crippen MR) is 98.8 cm³/mol. The van der Waals surface area contributed by atoms with Crippen molar-refractivity contribution in [1.82, 2.24) is 0 Å². The Morgan fingerprint density at radius 3 is 2.04 bits per heavy atom. The van der Waals surface area contributed by atoms with Crippen LogP contribution in [-0.4, -0.2) is 54.6 Å². The topological polar surface area (TPSA) is 77.4 Å². The third-order valence-corrected chi connectivity index (χ3v) is 4.59. The molecule has 6 heteroatoms. The van der Waals surface area contributed by atoms with Crippen LogP contribution in [-0.2, 0) is 32.2 Å². The van der Waals surface area contributed by atoms with Gasteiger partial charge in [-0.15, -0.1) is 0 Å². The van der Waals surface area contributed by atoms with Crippen LogP contribution in [0.15, 0.2) is 60.7 Å². The monoisotopic (exact) mass is 374 g/mol. The van der Waals surface area contributed by atoms with Crippen LogP contribution >= 0.6 is 0 Å². The average Bonchev–Trinajstić information content (AvgIpc) is 2.70. The number of aliphatic hydroxyl groups excluding tert-OH is 2. The summed E-state index contributed by atoms with van der Waals surface area (Å²) in [6, 6.07) is 19.3. The van der Waals surface area contributed by atoms with Gasteiger partial charge in [0.2, 0.25) is 0 Å². The molecule has 146 valence electrons. The summed E-state index contributed by atoms with van der Waals surface area (Å²) in [5.74, 6) is 0. The highest BCUT2D eigenvalue weighted by atomic mass is 16.7. The second kappa shape index (κ2) is 9.94. The molecule has 0 aliphatic carbocycles. The number of hydrogen-bond acceptors (Lipinski definition) is 6. The minimum absolute atomic E-state index is 0.137. The fraction of sp³-hybridized carbons (Fsp3) is 0.429. The third kappa shape index (κ3) is 5.35. The van der Waals surface area contributed by atoms with Gasteiger partial charge in [0.05, 0.1) is 19.8 Å². The van der Waals surface area contributed by atoms with Crippen LogP contribution in [0.3, 0.4) is 0 Å². The van der Waals surface area contributed by atoms with E-state index in [0.717, 1.165) is 11.1 Å². The van der Waals surface area contributed by atoms with Gasteiger partial charge in [-0.05, 0) is 11.1 Å². The molecule has 3 rings (SSSR count). The molecular weight excluding hydrogens is 348 g/mol. The zero-order valence-corrected chi connectivity index (χ0v) is 15.3. The first-order valence-corrected chi connectivity index (χ1v) is 9.00. The molecule has 5 atom stereocenters. The third-order valence-electron chi connectivity index (χ3n) is 4.59. The van der Waals surface area contributed by atoms with Crippen LogP contribution in [0.25, 0.3) is 0 Å². The lowest BCUT2D eigenvalue weighted by Gasteiger charge is -2.41. The van der Waals surface area contributed by atoms with Crippen molar-refractivity contribution in [3.8, 4) is 0 Å². The maximum atomic E-state index is 10.6. The first kappa shape index (κ1) is 19.9. The molecule has 1 saturated heterocycles. The Morgan fingerprint density at radius 1 is 0.852 bits per heavy atom. The summed E-state index contributed by atoms with van der Waals surface area (Å²) in [5.41, 5.74) is 1.98. The standard InChI is InChI=1S/C21H26O6/c1-24-19-18(22)17(14-25-12-15-8-4-2-5-9-15)27-21(23)20(19)26-13-16-10-6-3-7-11-16/h2-11,17-23H,12-14H2,1H3/t17-,18-,19+,20+,21+/m1/s1. The van der Waals surface area contributed by atoms with Gasteiger partial charge in [0, 0.05) is 7.11 Å². The first-order chi connectivity index (χ1) is 13.2. The van der Waals surface area contributed by atoms with Crippen LogP contribution in [0.5, 0.6) is 0 Å². The number of hydrogen-bond donors (Lipinski definition) is 2. The van der Waals surface area contributed by atoms with E-state index in [1.807, 2.05) is 60.7 Å². The molecule has 0 saturated carbocycles. The molecule has 1 aliphatic rings. The van der Waals surface area contributed by atoms with Crippen LogP contribution in [0.1, 0.15) is 11.1 Å². The highest BCUT2D eigenvalue weighted by Gasteiger charge is 2.45. The van der Waals surface area contributed by atoms with Gasteiger partial charge in [0.15, 0.2) is 6.29 Å². The minimum Gasteiger partial charge on any atom is -0.387 e. The molecule has 2 aromatic rings. The van der Waals surface area contributed by atoms with Crippen molar-refractivity contribution in [1.29, 1.82) is 0 Å². The molecule has 6 nitrogen and oxygen atoms in total. The van der Waals surface area contributed by atoms with E-state index in [9.17, 15) is 10.2 Å². The van der Waals surface area contributed by atoms with E-state index in [1.54, 1.807) is 0 Å². The fourth-order valence-corrected chi connectivity index (χ4v) is 3.13. The Morgan fingerprint density at radius 2 is 1.44 bits per heavy atom. The van der Waals surface area contributed by atoms with Gasteiger partial charge < -0.3 is 29.2 Å². The zero-order chi connectivity index (χ0) is 19.1. The van der Waals surface area contributed by atoms with E-state index < -0.39 is 30.7 Å². The summed E-state index contributed by atoms with van der Waals surface area (Å²) in [7, 11) is 1.48. The number of rotatable bonds is 8. The predicted octanol–water partition coefficient (Wildman–Crippen LogP) is 1.88. The van der Waals surface area contributed by atoms with Crippen LogP contribution in [0.4, 0.5) is 0 Å². The summed E-state index contributed by atoms with van der Waals surface area (Å²) in [4.78, 5) is 0. The largest absolute Gasteiger partial charge is 0.387 e. The molecule has 27 heavy (non-hydrogen) atoms. The number of benzene rings is 2. The van der Waals surface area contributed by atoms with Crippen molar-refractivity contribution < 1.29 is 29.2 Å². The molecule has 0 unspecified atom stereocenters. The van der Waals surface area contributed by atoms with Crippen LogP contribution in [0, 0.1) is 0 Å². The van der Waals surface area contributed by atoms with Crippen LogP contribution in [0.2, 0.25) is 0 Å². The average molecular weight is 374 g/mol. The Bertz CT molecular complexity index is 665. The molecule has 0 spiro atoms. The van der Waals surface area contributed by atoms with Crippen molar-refractivity contribution in [2.24, 2.45) is 0 Å². The lowest BCUT2D eigenvalue weighted by Crippen LogP contribution is -2.60. The second-order valence-corrected chi connectivity index (χ2v) is 6.52. The summed E-state index contributed by atoms with van der Waals surface area (Å²) in [5, 5.41) is 20.9. The highest BCUT2D eigenvalue weighted by molar-refractivity contribution is 5.14. The van der Waals surface area contributed by atoms with Crippen LogP contribution < -0.4 is 0 Å². The molecule has 1 aliphatic heterocycles. The lowest BCUT2D eigenvalue weighted by atomic mass is 9.99. The molecule has 2 aromatic carbocycles. The normalized spacial score (nSPS) is 28.2. The first-order valence-electron chi connectivity index (χ1n) is 9.00. The second-order valence-electron chi connectivity index (χ2n) is 6.52. The number of ether oxygens (including phenoxy) is 4. The van der Waals surface area contributed by atoms with Gasteiger partial charge >= 0.3 is 0 Å². The smallest absolute Gasteiger partial charge is 0.184 e. The summed E-state index contributed by atoms with van der Waals surface area (Å²) >= 11 is 0. The molecule has 0 aromatic heterocycles. The molecule has 0 radical (unpaired) electrons. The van der Waals surface area contributed by atoms with E-state index in [4.69, 9.17) is 18.9 Å². The lowest BCUT2D eigenvalue weighted by molar-refractivity contribution is -0.304. The van der Waals surface area contributed by atoms with Gasteiger partial charge in [0.1, 0.15) is 24.4 Å². The van der Waals surface area contributed by atoms with Crippen molar-refractivity contribution in [3.63, 3.8) is 0 Å². The molecule has 1 heterocycles. The maximum absolute atomic E-state index is 10.6. The van der Waals surface area contributed by atoms with E-state index >= 15 is 0 Å². The molecular formula is C21H26O6. The maximum Gasteiger partial charge on any atom is 0.184 e. The van der Waals surface area contributed by atoms with Gasteiger partial charge in [-0.2, -0.15) is 0 Å². The Labute approximate surface area is 159 Å². The SMILES string of the molecule is CO[C@H]1[C@H](O)[C@@H](COCc2ccccc2)O[C@H](O)[C@H]1OCc1ccccc1. The van der Waals surface area contributed by atoms with Crippen molar-refractivity contribution in [2.45, 2.75) is 43.9 Å². The van der Waals surface area contributed by atoms with Gasteiger partial charge in [-0.3, -0.25) is 0 Å². The minimum atomic E-state index is -1.22. The van der Waals surface area contributed by atoms with Crippen molar-refractivity contribution >= 4 is 0 Å². The van der Waals surface area contributed by atoms with Crippen molar-refractivity contribution in [2.75, 3.05) is 13.7 Å². The van der Waals surface area contributed by atoms with E-state index in [1.165, 1.54) is 7.11 Å². The Hall–Kier alpha value is -1.80. The van der Waals surface area contributed by atoms with Gasteiger partial charge in [0.25, 0.3) is 0 Å². The number of aliphatic hydroxyl groups is 2. The van der Waals surface area contributed by atoms with Crippen molar-refractivity contribution in [3.05, 3.63) is 71.8 Å². The van der Waals surface area contributed by atoms with Gasteiger partial charge in [-0.1, -0.05) is 60.7 Å². The summed E-state index contributed by atoms with van der Waals surface area (Å²) in [6.45, 7) is 0.821. The fourth-order valence-electron chi connectivity index (χ4n) is 3.13. The van der Waals surface area contributed by atoms with Gasteiger partial charge in [-0.25, -0.2) is 0 Å². The molecule has 1 fully saturated rings. The quantitative estimate of drug-likeness (QED) is 0.735. The molecule has 0 bridgehead atoms. The summed E-state index contributed by atoms with van der Waals surface area (Å²) < 4.78 is 22.4.